The number of nitrogens with zero attached hydrogens (tertiary/aromatic N) is 3. The van der Waals surface area contributed by atoms with Gasteiger partial charge in [0, 0.05) is 31.6 Å². The van der Waals surface area contributed by atoms with Gasteiger partial charge in [0.15, 0.2) is 0 Å². The van der Waals surface area contributed by atoms with Crippen LogP contribution in [0.4, 0.5) is 5.69 Å². The quantitative estimate of drug-likeness (QED) is 0.420. The van der Waals surface area contributed by atoms with Crippen molar-refractivity contribution in [1.29, 1.82) is 10.8 Å². The van der Waals surface area contributed by atoms with Crippen molar-refractivity contribution in [3.8, 4) is 5.75 Å². The van der Waals surface area contributed by atoms with E-state index in [1.165, 1.54) is 12.1 Å². The summed E-state index contributed by atoms with van der Waals surface area (Å²) in [6, 6.07) is 1.52. The normalized spacial score (nSPS) is 16.7. The van der Waals surface area contributed by atoms with Crippen molar-refractivity contribution >= 4 is 17.2 Å². The number of hydrogen-bond donors (Lipinski definition) is 5. The molecule has 0 bridgehead atoms. The fourth-order valence-corrected chi connectivity index (χ4v) is 2.49. The highest BCUT2D eigenvalue weighted by atomic mass is 16.3. The third-order valence-corrected chi connectivity index (χ3v) is 3.71. The molecule has 0 aliphatic carbocycles. The lowest BCUT2D eigenvalue weighted by Crippen LogP contribution is -2.37. The molecule has 0 spiro atoms. The third-order valence-electron chi connectivity index (χ3n) is 3.71. The number of hydrogen-bond acceptors (Lipinski definition) is 7. The van der Waals surface area contributed by atoms with E-state index in [9.17, 15) is 5.11 Å². The summed E-state index contributed by atoms with van der Waals surface area (Å²) < 4.78 is 0. The average molecular weight is 313 g/mol. The first-order valence-electron chi connectivity index (χ1n) is 7.42. The highest BCUT2D eigenvalue weighted by Gasteiger charge is 2.15. The second kappa shape index (κ2) is 6.39. The minimum absolute atomic E-state index is 0.0680. The number of aromatic hydroxyl groups is 1. The molecular formula is C15H19N7O. The first kappa shape index (κ1) is 14.9. The lowest BCUT2D eigenvalue weighted by Gasteiger charge is -2.18. The maximum atomic E-state index is 10.1. The molecule has 5 N–H and O–H groups in total. The third kappa shape index (κ3) is 3.25. The number of anilines is 1. The molecule has 1 aromatic heterocycles. The summed E-state index contributed by atoms with van der Waals surface area (Å²) in [6.45, 7) is 1.77. The zero-order chi connectivity index (χ0) is 16.2. The lowest BCUT2D eigenvalue weighted by molar-refractivity contribution is 0.471. The summed E-state index contributed by atoms with van der Waals surface area (Å²) in [5.41, 5.74) is 6.70. The van der Waals surface area contributed by atoms with E-state index in [1.807, 2.05) is 4.90 Å². The maximum absolute atomic E-state index is 10.1. The molecule has 2 aliphatic heterocycles. The number of nitrogens with one attached hydrogen (secondary N) is 4. The van der Waals surface area contributed by atoms with Crippen LogP contribution in [0.15, 0.2) is 36.8 Å². The molecule has 1 aromatic rings. The highest BCUT2D eigenvalue weighted by Crippen LogP contribution is 2.22. The molecule has 8 heteroatoms. The van der Waals surface area contributed by atoms with Crippen molar-refractivity contribution in [1.82, 2.24) is 20.7 Å². The Kier molecular flexibility index (Phi) is 4.13. The van der Waals surface area contributed by atoms with Crippen molar-refractivity contribution in [3.05, 3.63) is 42.5 Å². The van der Waals surface area contributed by atoms with Crippen LogP contribution in [0.3, 0.4) is 0 Å². The van der Waals surface area contributed by atoms with Crippen LogP contribution in [0, 0.1) is 10.8 Å². The molecule has 0 saturated carbocycles. The Balaban J connectivity index is 1.68. The van der Waals surface area contributed by atoms with Crippen LogP contribution in [0.1, 0.15) is 18.5 Å². The predicted octanol–water partition coefficient (Wildman–Crippen LogP) is 1.08. The topological polar surface area (TPSA) is 111 Å². The second-order valence-electron chi connectivity index (χ2n) is 5.31. The van der Waals surface area contributed by atoms with E-state index in [0.717, 1.165) is 25.9 Å². The van der Waals surface area contributed by atoms with Gasteiger partial charge in [0.1, 0.15) is 23.0 Å². The van der Waals surface area contributed by atoms with E-state index in [4.69, 9.17) is 10.8 Å². The Hall–Kier alpha value is -3.03. The van der Waals surface area contributed by atoms with Crippen LogP contribution in [0.5, 0.6) is 5.75 Å². The Morgan fingerprint density at radius 3 is 2.52 bits per heavy atom. The Labute approximate surface area is 134 Å². The molecule has 0 aromatic carbocycles. The summed E-state index contributed by atoms with van der Waals surface area (Å²) in [7, 11) is 0. The van der Waals surface area contributed by atoms with Crippen LogP contribution in [-0.4, -0.2) is 39.6 Å². The number of likely N-dealkylation sites (tertiary alicyclic amines) is 1. The van der Waals surface area contributed by atoms with Crippen molar-refractivity contribution in [2.45, 2.75) is 12.8 Å². The number of allylic oxidation sites excluding steroid dienone is 1. The molecule has 1 fully saturated rings. The molecular weight excluding hydrogens is 294 g/mol. The number of amidine groups is 1. The average Bonchev–Trinajstić information content (AvgIpc) is 3.24. The van der Waals surface area contributed by atoms with Gasteiger partial charge in [-0.2, -0.15) is 5.12 Å². The van der Waals surface area contributed by atoms with Crippen molar-refractivity contribution < 1.29 is 5.11 Å². The van der Waals surface area contributed by atoms with Crippen LogP contribution in [0.25, 0.3) is 0 Å². The predicted molar refractivity (Wildman–Crippen MR) is 88.3 cm³/mol. The summed E-state index contributed by atoms with van der Waals surface area (Å²) in [4.78, 5) is 6.11. The SMILES string of the molecule is N=C(C=CC(=N)N1CCCC1)c1ncc(N2NC=CN2)cc1O. The van der Waals surface area contributed by atoms with Gasteiger partial charge >= 0.3 is 0 Å². The summed E-state index contributed by atoms with van der Waals surface area (Å²) in [5.74, 6) is 0.306. The molecule has 8 nitrogen and oxygen atoms in total. The standard InChI is InChI=1S/C15H19N7O/c16-12(3-4-14(17)21-7-1-2-8-21)15-13(23)9-11(10-18-15)22-19-5-6-20-22/h3-6,9-10,16-17,19-20,23H,1-2,7-8H2. The number of rotatable bonds is 4. The fraction of sp³-hybridized carbons (Fsp3) is 0.267. The molecule has 0 radical (unpaired) electrons. The van der Waals surface area contributed by atoms with E-state index in [1.54, 1.807) is 29.8 Å². The molecule has 0 atom stereocenters. The minimum Gasteiger partial charge on any atom is -0.506 e. The zero-order valence-electron chi connectivity index (χ0n) is 12.6. The number of aromatic nitrogens is 1. The van der Waals surface area contributed by atoms with E-state index < -0.39 is 0 Å². The Morgan fingerprint density at radius 1 is 1.17 bits per heavy atom. The van der Waals surface area contributed by atoms with Crippen LogP contribution < -0.4 is 16.0 Å². The van der Waals surface area contributed by atoms with Crippen molar-refractivity contribution in [3.63, 3.8) is 0 Å². The summed E-state index contributed by atoms with van der Waals surface area (Å²) >= 11 is 0. The van der Waals surface area contributed by atoms with Gasteiger partial charge in [-0.25, -0.2) is 4.98 Å². The molecule has 3 rings (SSSR count). The van der Waals surface area contributed by atoms with Crippen molar-refractivity contribution in [2.24, 2.45) is 0 Å². The van der Waals surface area contributed by atoms with Gasteiger partial charge in [-0.05, 0) is 25.0 Å². The largest absolute Gasteiger partial charge is 0.506 e. The monoisotopic (exact) mass is 313 g/mol. The van der Waals surface area contributed by atoms with Crippen LogP contribution in [0.2, 0.25) is 0 Å². The number of hydrazine groups is 2. The second-order valence-corrected chi connectivity index (χ2v) is 5.31. The van der Waals surface area contributed by atoms with E-state index >= 15 is 0 Å². The number of pyridine rings is 1. The first-order valence-corrected chi connectivity index (χ1v) is 7.42. The molecule has 120 valence electrons. The van der Waals surface area contributed by atoms with Gasteiger partial charge in [-0.1, -0.05) is 0 Å². The smallest absolute Gasteiger partial charge is 0.145 e. The Bertz CT molecular complexity index is 668. The molecule has 2 aliphatic rings. The summed E-state index contributed by atoms with van der Waals surface area (Å²) in [6.07, 6.45) is 10.2. The van der Waals surface area contributed by atoms with E-state index in [-0.39, 0.29) is 17.2 Å². The van der Waals surface area contributed by atoms with Gasteiger partial charge in [0.25, 0.3) is 0 Å². The van der Waals surface area contributed by atoms with Gasteiger partial charge < -0.3 is 10.0 Å². The van der Waals surface area contributed by atoms with Gasteiger partial charge in [0.2, 0.25) is 0 Å². The lowest BCUT2D eigenvalue weighted by atomic mass is 10.2. The first-order chi connectivity index (χ1) is 11.1. The van der Waals surface area contributed by atoms with Gasteiger partial charge in [-0.15, -0.1) is 0 Å². The Morgan fingerprint density at radius 2 is 1.87 bits per heavy atom. The molecule has 23 heavy (non-hydrogen) atoms. The molecule has 3 heterocycles. The molecule has 0 unspecified atom stereocenters. The fourth-order valence-electron chi connectivity index (χ4n) is 2.49. The molecule has 1 saturated heterocycles. The van der Waals surface area contributed by atoms with Crippen molar-refractivity contribution in [2.75, 3.05) is 18.2 Å². The molecule has 0 amide bonds. The van der Waals surface area contributed by atoms with E-state index in [2.05, 4.69) is 15.8 Å². The van der Waals surface area contributed by atoms with Gasteiger partial charge in [0.05, 0.1) is 11.9 Å². The highest BCUT2D eigenvalue weighted by molar-refractivity contribution is 6.10. The maximum Gasteiger partial charge on any atom is 0.145 e. The zero-order valence-corrected chi connectivity index (χ0v) is 12.6. The van der Waals surface area contributed by atoms with Gasteiger partial charge in [-0.3, -0.25) is 21.7 Å². The van der Waals surface area contributed by atoms with E-state index in [0.29, 0.717) is 11.5 Å². The summed E-state index contributed by atoms with van der Waals surface area (Å²) in [5, 5.41) is 27.7. The van der Waals surface area contributed by atoms with Crippen LogP contribution in [-0.2, 0) is 0 Å². The minimum atomic E-state index is -0.0830. The van der Waals surface area contributed by atoms with Crippen LogP contribution >= 0.6 is 0 Å².